The molecular weight excluding hydrogens is 300 g/mol. The molecule has 0 bridgehead atoms. The van der Waals surface area contributed by atoms with Crippen molar-refractivity contribution in [2.24, 2.45) is 0 Å². The van der Waals surface area contributed by atoms with Gasteiger partial charge in [0.25, 0.3) is 5.91 Å². The number of benzene rings is 2. The van der Waals surface area contributed by atoms with Crippen LogP contribution in [0.2, 0.25) is 0 Å². The number of rotatable bonds is 5. The zero-order valence-electron chi connectivity index (χ0n) is 12.5. The minimum Gasteiger partial charge on any atom is -0.322 e. The summed E-state index contributed by atoms with van der Waals surface area (Å²) in [6, 6.07) is 15.6. The Labute approximate surface area is 130 Å². The summed E-state index contributed by atoms with van der Waals surface area (Å²) in [7, 11) is -3.32. The van der Waals surface area contributed by atoms with Gasteiger partial charge in [0.2, 0.25) is 10.0 Å². The van der Waals surface area contributed by atoms with Gasteiger partial charge < -0.3 is 5.32 Å². The van der Waals surface area contributed by atoms with Gasteiger partial charge in [0.1, 0.15) is 0 Å². The first-order chi connectivity index (χ1) is 10.4. The molecule has 1 N–H and O–H groups in total. The molecule has 2 aromatic carbocycles. The van der Waals surface area contributed by atoms with Gasteiger partial charge in [-0.15, -0.1) is 0 Å². The highest BCUT2D eigenvalue weighted by molar-refractivity contribution is 7.92. The van der Waals surface area contributed by atoms with Crippen molar-refractivity contribution in [1.82, 2.24) is 0 Å². The van der Waals surface area contributed by atoms with Crippen LogP contribution in [0.25, 0.3) is 0 Å². The van der Waals surface area contributed by atoms with Crippen LogP contribution < -0.4 is 9.62 Å². The van der Waals surface area contributed by atoms with Crippen LogP contribution >= 0.6 is 0 Å². The Kier molecular flexibility index (Phi) is 4.82. The van der Waals surface area contributed by atoms with Gasteiger partial charge in [0.05, 0.1) is 11.9 Å². The molecule has 6 heteroatoms. The number of carbonyl (C=O) groups excluding carboxylic acids is 1. The zero-order chi connectivity index (χ0) is 16.2. The molecule has 0 aromatic heterocycles. The quantitative estimate of drug-likeness (QED) is 0.922. The smallest absolute Gasteiger partial charge is 0.255 e. The van der Waals surface area contributed by atoms with Gasteiger partial charge in [-0.05, 0) is 43.3 Å². The first kappa shape index (κ1) is 16.0. The van der Waals surface area contributed by atoms with Crippen molar-refractivity contribution in [2.75, 3.05) is 22.4 Å². The van der Waals surface area contributed by atoms with Crippen LogP contribution in [0.4, 0.5) is 11.4 Å². The molecule has 1 amide bonds. The molecule has 0 heterocycles. The molecule has 0 aliphatic rings. The van der Waals surface area contributed by atoms with Crippen LogP contribution in [0.5, 0.6) is 0 Å². The number of hydrogen-bond acceptors (Lipinski definition) is 3. The fourth-order valence-corrected chi connectivity index (χ4v) is 3.09. The Balaban J connectivity index is 2.16. The fourth-order valence-electron chi connectivity index (χ4n) is 2.11. The number of carbonyl (C=O) groups is 1. The summed E-state index contributed by atoms with van der Waals surface area (Å²) in [5, 5.41) is 2.78. The van der Waals surface area contributed by atoms with Crippen molar-refractivity contribution in [3.05, 3.63) is 60.2 Å². The van der Waals surface area contributed by atoms with E-state index in [2.05, 4.69) is 5.32 Å². The molecule has 5 nitrogen and oxygen atoms in total. The van der Waals surface area contributed by atoms with E-state index in [0.717, 1.165) is 6.26 Å². The van der Waals surface area contributed by atoms with Crippen LogP contribution in [-0.4, -0.2) is 27.1 Å². The van der Waals surface area contributed by atoms with E-state index in [4.69, 9.17) is 0 Å². The number of nitrogens with zero attached hydrogens (tertiary/aromatic N) is 1. The molecule has 0 saturated heterocycles. The predicted molar refractivity (Wildman–Crippen MR) is 88.7 cm³/mol. The van der Waals surface area contributed by atoms with Crippen LogP contribution in [0.15, 0.2) is 54.6 Å². The second-order valence-electron chi connectivity index (χ2n) is 4.79. The summed E-state index contributed by atoms with van der Waals surface area (Å²) in [6.07, 6.45) is 1.16. The number of amides is 1. The number of hydrogen-bond donors (Lipinski definition) is 1. The zero-order valence-corrected chi connectivity index (χ0v) is 13.3. The third-order valence-electron chi connectivity index (χ3n) is 3.14. The predicted octanol–water partition coefficient (Wildman–Crippen LogP) is 2.72. The van der Waals surface area contributed by atoms with Crippen molar-refractivity contribution < 1.29 is 13.2 Å². The maximum atomic E-state index is 12.1. The van der Waals surface area contributed by atoms with Crippen LogP contribution in [0.3, 0.4) is 0 Å². The minimum atomic E-state index is -3.32. The largest absolute Gasteiger partial charge is 0.322 e. The molecule has 0 atom stereocenters. The number of para-hydroxylation sites is 1. The van der Waals surface area contributed by atoms with Crippen LogP contribution in [-0.2, 0) is 10.0 Å². The minimum absolute atomic E-state index is 0.236. The molecule has 22 heavy (non-hydrogen) atoms. The van der Waals surface area contributed by atoms with Gasteiger partial charge in [-0.25, -0.2) is 8.42 Å². The van der Waals surface area contributed by atoms with Crippen LogP contribution in [0, 0.1) is 0 Å². The van der Waals surface area contributed by atoms with E-state index in [0.29, 0.717) is 23.5 Å². The van der Waals surface area contributed by atoms with E-state index < -0.39 is 10.0 Å². The maximum Gasteiger partial charge on any atom is 0.255 e. The second-order valence-corrected chi connectivity index (χ2v) is 6.70. The Morgan fingerprint density at radius 2 is 1.64 bits per heavy atom. The number of sulfonamides is 1. The summed E-state index contributed by atoms with van der Waals surface area (Å²) in [5.74, 6) is -0.236. The molecule has 0 radical (unpaired) electrons. The van der Waals surface area contributed by atoms with Gasteiger partial charge in [0.15, 0.2) is 0 Å². The molecule has 2 rings (SSSR count). The molecule has 0 aliphatic carbocycles. The lowest BCUT2D eigenvalue weighted by molar-refractivity contribution is 0.102. The van der Waals surface area contributed by atoms with E-state index >= 15 is 0 Å². The third-order valence-corrected chi connectivity index (χ3v) is 4.41. The van der Waals surface area contributed by atoms with Crippen LogP contribution in [0.1, 0.15) is 17.3 Å². The lowest BCUT2D eigenvalue weighted by atomic mass is 10.2. The SMILES string of the molecule is CCN(c1ccc(C(=O)Nc2ccccc2)cc1)S(C)(=O)=O. The molecule has 0 fully saturated rings. The van der Waals surface area contributed by atoms with Gasteiger partial charge >= 0.3 is 0 Å². The van der Waals surface area contributed by atoms with Crippen molar-refractivity contribution in [1.29, 1.82) is 0 Å². The molecule has 0 aliphatic heterocycles. The van der Waals surface area contributed by atoms with Crippen molar-refractivity contribution >= 4 is 27.3 Å². The van der Waals surface area contributed by atoms with Crippen molar-refractivity contribution in [3.63, 3.8) is 0 Å². The monoisotopic (exact) mass is 318 g/mol. The van der Waals surface area contributed by atoms with E-state index in [1.54, 1.807) is 43.3 Å². The fraction of sp³-hybridized carbons (Fsp3) is 0.188. The highest BCUT2D eigenvalue weighted by atomic mass is 32.2. The highest BCUT2D eigenvalue weighted by Gasteiger charge is 2.15. The summed E-state index contributed by atoms with van der Waals surface area (Å²) in [4.78, 5) is 12.1. The summed E-state index contributed by atoms with van der Waals surface area (Å²) >= 11 is 0. The van der Waals surface area contributed by atoms with E-state index in [1.165, 1.54) is 4.31 Å². The van der Waals surface area contributed by atoms with Crippen molar-refractivity contribution in [2.45, 2.75) is 6.92 Å². The second kappa shape index (κ2) is 6.62. The topological polar surface area (TPSA) is 66.5 Å². The van der Waals surface area contributed by atoms with E-state index in [-0.39, 0.29) is 5.91 Å². The molecule has 0 unspecified atom stereocenters. The Hall–Kier alpha value is -2.34. The van der Waals surface area contributed by atoms with Crippen molar-refractivity contribution in [3.8, 4) is 0 Å². The van der Waals surface area contributed by atoms with Gasteiger partial charge in [-0.2, -0.15) is 0 Å². The third kappa shape index (κ3) is 3.85. The molecule has 2 aromatic rings. The molecule has 116 valence electrons. The Morgan fingerprint density at radius 3 is 2.14 bits per heavy atom. The Bertz CT molecular complexity index is 741. The summed E-state index contributed by atoms with van der Waals surface area (Å²) < 4.78 is 24.6. The maximum absolute atomic E-state index is 12.1. The number of nitrogens with one attached hydrogen (secondary N) is 1. The summed E-state index contributed by atoms with van der Waals surface area (Å²) in [6.45, 7) is 2.10. The molecule has 0 spiro atoms. The first-order valence-electron chi connectivity index (χ1n) is 6.86. The lowest BCUT2D eigenvalue weighted by Crippen LogP contribution is -2.29. The van der Waals surface area contributed by atoms with Gasteiger partial charge in [-0.3, -0.25) is 9.10 Å². The molecule has 0 saturated carbocycles. The highest BCUT2D eigenvalue weighted by Crippen LogP contribution is 2.18. The number of anilines is 2. The lowest BCUT2D eigenvalue weighted by Gasteiger charge is -2.20. The first-order valence-corrected chi connectivity index (χ1v) is 8.71. The average Bonchev–Trinajstić information content (AvgIpc) is 2.48. The van der Waals surface area contributed by atoms with Gasteiger partial charge in [0, 0.05) is 17.8 Å². The van der Waals surface area contributed by atoms with E-state index in [1.807, 2.05) is 18.2 Å². The van der Waals surface area contributed by atoms with Gasteiger partial charge in [-0.1, -0.05) is 18.2 Å². The Morgan fingerprint density at radius 1 is 1.05 bits per heavy atom. The standard InChI is InChI=1S/C16H18N2O3S/c1-3-18(22(2,20)21)15-11-9-13(10-12-15)16(19)17-14-7-5-4-6-8-14/h4-12H,3H2,1-2H3,(H,17,19). The molecular formula is C16H18N2O3S. The van der Waals surface area contributed by atoms with E-state index in [9.17, 15) is 13.2 Å². The normalized spacial score (nSPS) is 11.0. The summed E-state index contributed by atoms with van der Waals surface area (Å²) in [5.41, 5.74) is 1.72. The average molecular weight is 318 g/mol.